The van der Waals surface area contributed by atoms with Crippen LogP contribution in [0.4, 0.5) is 5.69 Å². The van der Waals surface area contributed by atoms with Crippen molar-refractivity contribution in [2.45, 2.75) is 12.3 Å². The average molecular weight is 489 g/mol. The fourth-order valence-corrected chi connectivity index (χ4v) is 4.86. The van der Waals surface area contributed by atoms with E-state index in [4.69, 9.17) is 11.6 Å². The lowest BCUT2D eigenvalue weighted by Crippen LogP contribution is -2.29. The number of rotatable bonds is 10. The molecule has 3 aromatic carbocycles. The normalized spacial score (nSPS) is 11.2. The summed E-state index contributed by atoms with van der Waals surface area (Å²) in [5, 5.41) is 3.64. The number of carbonyl (C=O) groups is 1. The Balaban J connectivity index is 1.49. The van der Waals surface area contributed by atoms with Crippen LogP contribution in [0.1, 0.15) is 21.5 Å². The van der Waals surface area contributed by atoms with Crippen molar-refractivity contribution in [1.82, 2.24) is 5.32 Å². The number of halogens is 1. The highest BCUT2D eigenvalue weighted by Crippen LogP contribution is 2.20. The van der Waals surface area contributed by atoms with Gasteiger partial charge in [0.25, 0.3) is 5.91 Å². The van der Waals surface area contributed by atoms with Gasteiger partial charge >= 0.3 is 0 Å². The topological polar surface area (TPSA) is 66.5 Å². The number of hydrogen-bond donors (Lipinski definition) is 1. The number of sulfonamides is 1. The van der Waals surface area contributed by atoms with E-state index < -0.39 is 10.0 Å². The number of thioether (sulfide) groups is 1. The summed E-state index contributed by atoms with van der Waals surface area (Å²) in [6.07, 6.45) is 1.19. The molecule has 0 aliphatic rings. The third-order valence-corrected chi connectivity index (χ3v) is 7.12. The summed E-state index contributed by atoms with van der Waals surface area (Å²) in [5.74, 6) is 1.51. The van der Waals surface area contributed by atoms with E-state index in [1.54, 1.807) is 60.3 Å². The second kappa shape index (κ2) is 11.4. The van der Waals surface area contributed by atoms with Gasteiger partial charge < -0.3 is 5.32 Å². The van der Waals surface area contributed by atoms with Crippen LogP contribution in [-0.4, -0.2) is 32.9 Å². The van der Waals surface area contributed by atoms with Crippen molar-refractivity contribution < 1.29 is 13.2 Å². The smallest absolute Gasteiger partial charge is 0.251 e. The van der Waals surface area contributed by atoms with Crippen LogP contribution in [0.5, 0.6) is 0 Å². The molecule has 0 fully saturated rings. The molecule has 0 radical (unpaired) electrons. The highest BCUT2D eigenvalue weighted by atomic mass is 35.5. The summed E-state index contributed by atoms with van der Waals surface area (Å²) < 4.78 is 25.8. The summed E-state index contributed by atoms with van der Waals surface area (Å²) in [7, 11) is -3.44. The molecule has 0 aliphatic carbocycles. The van der Waals surface area contributed by atoms with Crippen LogP contribution in [0.25, 0.3) is 0 Å². The monoisotopic (exact) mass is 488 g/mol. The Morgan fingerprint density at radius 3 is 2.19 bits per heavy atom. The molecule has 168 valence electrons. The molecular weight excluding hydrogens is 464 g/mol. The van der Waals surface area contributed by atoms with E-state index >= 15 is 0 Å². The van der Waals surface area contributed by atoms with Crippen molar-refractivity contribution in [3.63, 3.8) is 0 Å². The van der Waals surface area contributed by atoms with Crippen molar-refractivity contribution in [1.29, 1.82) is 0 Å². The van der Waals surface area contributed by atoms with Crippen molar-refractivity contribution in [3.8, 4) is 0 Å². The summed E-state index contributed by atoms with van der Waals surface area (Å²) in [6, 6.07) is 23.7. The number of carbonyl (C=O) groups excluding carboxylic acids is 1. The Labute approximate surface area is 198 Å². The number of nitrogens with one attached hydrogen (secondary N) is 1. The second-order valence-electron chi connectivity index (χ2n) is 7.24. The quantitative estimate of drug-likeness (QED) is 0.409. The Hall–Kier alpha value is -2.48. The lowest BCUT2D eigenvalue weighted by Gasteiger charge is -2.22. The van der Waals surface area contributed by atoms with Crippen LogP contribution in [0, 0.1) is 0 Å². The van der Waals surface area contributed by atoms with Gasteiger partial charge in [-0.2, -0.15) is 11.8 Å². The number of amides is 1. The van der Waals surface area contributed by atoms with Crippen LogP contribution < -0.4 is 9.62 Å². The second-order valence-corrected chi connectivity index (χ2v) is 10.7. The molecule has 32 heavy (non-hydrogen) atoms. The zero-order valence-corrected chi connectivity index (χ0v) is 20.1. The van der Waals surface area contributed by atoms with Crippen LogP contribution in [0.2, 0.25) is 5.02 Å². The first-order chi connectivity index (χ1) is 15.3. The summed E-state index contributed by atoms with van der Waals surface area (Å²) in [5.41, 5.74) is 3.14. The Morgan fingerprint density at radius 1 is 0.938 bits per heavy atom. The highest BCUT2D eigenvalue weighted by molar-refractivity contribution is 7.98. The molecule has 0 unspecified atom stereocenters. The van der Waals surface area contributed by atoms with Gasteiger partial charge in [0.15, 0.2) is 0 Å². The molecule has 3 rings (SSSR count). The fraction of sp³-hybridized carbons (Fsp3) is 0.208. The molecule has 0 saturated heterocycles. The maximum absolute atomic E-state index is 12.4. The zero-order chi connectivity index (χ0) is 23.0. The molecule has 0 atom stereocenters. The molecule has 0 aromatic heterocycles. The van der Waals surface area contributed by atoms with Gasteiger partial charge in [-0.1, -0.05) is 54.1 Å². The van der Waals surface area contributed by atoms with Gasteiger partial charge in [0.2, 0.25) is 10.0 Å². The minimum atomic E-state index is -3.44. The van der Waals surface area contributed by atoms with Crippen molar-refractivity contribution >= 4 is 45.0 Å². The number of para-hydroxylation sites is 1. The van der Waals surface area contributed by atoms with Gasteiger partial charge in [0.1, 0.15) is 0 Å². The lowest BCUT2D eigenvalue weighted by molar-refractivity contribution is 0.0956. The molecule has 8 heteroatoms. The molecule has 5 nitrogen and oxygen atoms in total. The molecule has 1 amide bonds. The SMILES string of the molecule is CS(=O)(=O)N(Cc1ccc(C(=O)NCCSCc2ccc(Cl)cc2)cc1)c1ccccc1. The number of nitrogens with zero attached hydrogens (tertiary/aromatic N) is 1. The van der Waals surface area contributed by atoms with E-state index in [0.29, 0.717) is 17.8 Å². The van der Waals surface area contributed by atoms with Crippen LogP contribution in [0.15, 0.2) is 78.9 Å². The summed E-state index contributed by atoms with van der Waals surface area (Å²) in [4.78, 5) is 12.4. The van der Waals surface area contributed by atoms with Gasteiger partial charge in [-0.05, 0) is 47.5 Å². The van der Waals surface area contributed by atoms with Gasteiger partial charge in [-0.25, -0.2) is 8.42 Å². The molecular formula is C24H25ClN2O3S2. The van der Waals surface area contributed by atoms with E-state index in [1.807, 2.05) is 30.3 Å². The molecule has 0 spiro atoms. The zero-order valence-electron chi connectivity index (χ0n) is 17.7. The Kier molecular flexibility index (Phi) is 8.61. The van der Waals surface area contributed by atoms with Crippen LogP contribution in [0.3, 0.4) is 0 Å². The van der Waals surface area contributed by atoms with Crippen LogP contribution in [-0.2, 0) is 22.3 Å². The number of hydrogen-bond acceptors (Lipinski definition) is 4. The molecule has 3 aromatic rings. The van der Waals surface area contributed by atoms with Crippen molar-refractivity contribution in [2.75, 3.05) is 22.9 Å². The minimum absolute atomic E-state index is 0.147. The van der Waals surface area contributed by atoms with E-state index in [-0.39, 0.29) is 12.5 Å². The van der Waals surface area contributed by atoms with E-state index in [0.717, 1.165) is 22.1 Å². The standard InChI is InChI=1S/C24H25ClN2O3S2/c1-32(29,30)27(23-5-3-2-4-6-23)17-19-7-11-21(12-8-19)24(28)26-15-16-31-18-20-9-13-22(25)14-10-20/h2-14H,15-18H2,1H3,(H,26,28). The average Bonchev–Trinajstić information content (AvgIpc) is 2.78. The van der Waals surface area contributed by atoms with Crippen molar-refractivity contribution in [2.24, 2.45) is 0 Å². The lowest BCUT2D eigenvalue weighted by atomic mass is 10.1. The Morgan fingerprint density at radius 2 is 1.56 bits per heavy atom. The first kappa shape index (κ1) is 24.2. The van der Waals surface area contributed by atoms with Gasteiger partial charge in [0, 0.05) is 28.6 Å². The highest BCUT2D eigenvalue weighted by Gasteiger charge is 2.17. The first-order valence-corrected chi connectivity index (χ1v) is 13.4. The van der Waals surface area contributed by atoms with Crippen LogP contribution >= 0.6 is 23.4 Å². The predicted molar refractivity (Wildman–Crippen MR) is 134 cm³/mol. The number of anilines is 1. The molecule has 1 N–H and O–H groups in total. The molecule has 0 heterocycles. The van der Waals surface area contributed by atoms with Gasteiger partial charge in [-0.15, -0.1) is 0 Å². The minimum Gasteiger partial charge on any atom is -0.351 e. The molecule has 0 saturated carbocycles. The van der Waals surface area contributed by atoms with E-state index in [2.05, 4.69) is 5.32 Å². The van der Waals surface area contributed by atoms with Crippen molar-refractivity contribution in [3.05, 3.63) is 101 Å². The number of benzene rings is 3. The summed E-state index contributed by atoms with van der Waals surface area (Å²) in [6.45, 7) is 0.765. The fourth-order valence-electron chi connectivity index (χ4n) is 3.03. The molecule has 0 bridgehead atoms. The molecule has 0 aliphatic heterocycles. The Bertz CT molecular complexity index is 1120. The van der Waals surface area contributed by atoms with E-state index in [9.17, 15) is 13.2 Å². The third-order valence-electron chi connectivity index (χ3n) is 4.70. The van der Waals surface area contributed by atoms with Gasteiger partial charge in [-0.3, -0.25) is 9.10 Å². The summed E-state index contributed by atoms with van der Waals surface area (Å²) >= 11 is 7.63. The maximum Gasteiger partial charge on any atom is 0.251 e. The van der Waals surface area contributed by atoms with E-state index in [1.165, 1.54) is 16.1 Å². The predicted octanol–water partition coefficient (Wildman–Crippen LogP) is 4.97. The largest absolute Gasteiger partial charge is 0.351 e. The first-order valence-electron chi connectivity index (χ1n) is 10.0. The van der Waals surface area contributed by atoms with Gasteiger partial charge in [0.05, 0.1) is 18.5 Å². The third kappa shape index (κ3) is 7.29. The maximum atomic E-state index is 12.4.